The Bertz CT molecular complexity index is 2110. The lowest BCUT2D eigenvalue weighted by molar-refractivity contribution is -0.113. The van der Waals surface area contributed by atoms with Crippen LogP contribution in [0, 0.1) is 13.8 Å². The highest BCUT2D eigenvalue weighted by Crippen LogP contribution is 2.31. The molecule has 1 atom stereocenters. The maximum Gasteiger partial charge on any atom is 0.271 e. The van der Waals surface area contributed by atoms with Crippen molar-refractivity contribution in [1.29, 1.82) is 0 Å². The van der Waals surface area contributed by atoms with Gasteiger partial charge in [-0.2, -0.15) is 0 Å². The Balaban J connectivity index is 1.40. The molecule has 0 bridgehead atoms. The molecule has 0 aliphatic carbocycles. The molecule has 5 aromatic rings. The van der Waals surface area contributed by atoms with Crippen LogP contribution >= 0.6 is 11.3 Å². The van der Waals surface area contributed by atoms with Crippen LogP contribution in [0.25, 0.3) is 6.08 Å². The molecule has 8 heteroatoms. The Kier molecular flexibility index (Phi) is 8.49. The summed E-state index contributed by atoms with van der Waals surface area (Å²) < 4.78 is 13.9. The van der Waals surface area contributed by atoms with Crippen LogP contribution in [0.1, 0.15) is 40.8 Å². The molecule has 0 saturated heterocycles. The lowest BCUT2D eigenvalue weighted by Crippen LogP contribution is -2.40. The third kappa shape index (κ3) is 6.10. The van der Waals surface area contributed by atoms with Gasteiger partial charge in [0.1, 0.15) is 18.1 Å². The second kappa shape index (κ2) is 12.8. The van der Waals surface area contributed by atoms with Crippen LogP contribution in [0.3, 0.4) is 0 Å². The van der Waals surface area contributed by atoms with Crippen molar-refractivity contribution in [3.63, 3.8) is 0 Å². The molecule has 7 nitrogen and oxygen atoms in total. The van der Waals surface area contributed by atoms with Gasteiger partial charge in [0, 0.05) is 11.3 Å². The van der Waals surface area contributed by atoms with Crippen LogP contribution < -0.4 is 29.7 Å². The number of benzene rings is 4. The van der Waals surface area contributed by atoms with Gasteiger partial charge in [-0.15, -0.1) is 0 Å². The Morgan fingerprint density at radius 1 is 0.911 bits per heavy atom. The highest BCUT2D eigenvalue weighted by molar-refractivity contribution is 7.07. The second-order valence-electron chi connectivity index (χ2n) is 10.9. The minimum Gasteiger partial charge on any atom is -0.496 e. The van der Waals surface area contributed by atoms with Crippen LogP contribution in [-0.2, 0) is 11.4 Å². The summed E-state index contributed by atoms with van der Waals surface area (Å²) in [7, 11) is 1.63. The monoisotopic (exact) mass is 615 g/mol. The van der Waals surface area contributed by atoms with Crippen molar-refractivity contribution >= 4 is 29.0 Å². The predicted molar refractivity (Wildman–Crippen MR) is 179 cm³/mol. The SMILES string of the molecule is COc1ccc(/C=c2/sc3n(c2=O)[C@@H](c2ccccc2)C(C(=O)Nc2ccccc2C)=C(C)N=3)cc1COc1ccccc1C. The Morgan fingerprint density at radius 2 is 1.62 bits per heavy atom. The number of fused-ring (bicyclic) bond motifs is 1. The molecule has 6 rings (SSSR count). The maximum absolute atomic E-state index is 14.1. The fraction of sp³-hybridized carbons (Fsp3) is 0.162. The standard InChI is InChI=1S/C37H33N3O4S/c1-23-12-8-10-16-29(23)39-35(41)33-25(3)38-37-40(34(33)27-14-6-5-7-15-27)36(42)32(45-37)21-26-18-19-31(43-4)28(20-26)22-44-30-17-11-9-13-24(30)2/h5-21,34H,22H2,1-4H3,(H,39,41)/b32-21+/t34-/m0/s1. The predicted octanol–water partition coefficient (Wildman–Crippen LogP) is 6.08. The summed E-state index contributed by atoms with van der Waals surface area (Å²) in [5.41, 5.74) is 6.01. The van der Waals surface area contributed by atoms with E-state index in [1.807, 2.05) is 124 Å². The van der Waals surface area contributed by atoms with Gasteiger partial charge in [0.2, 0.25) is 0 Å². The quantitative estimate of drug-likeness (QED) is 0.230. The molecule has 1 aliphatic heterocycles. The molecule has 226 valence electrons. The van der Waals surface area contributed by atoms with Crippen LogP contribution in [-0.4, -0.2) is 17.6 Å². The van der Waals surface area contributed by atoms with E-state index < -0.39 is 6.04 Å². The molecule has 0 spiro atoms. The van der Waals surface area contributed by atoms with Crippen molar-refractivity contribution in [1.82, 2.24) is 4.57 Å². The van der Waals surface area contributed by atoms with Gasteiger partial charge in [0.05, 0.1) is 29.0 Å². The Morgan fingerprint density at radius 3 is 2.36 bits per heavy atom. The van der Waals surface area contributed by atoms with Gasteiger partial charge in [-0.25, -0.2) is 4.99 Å². The summed E-state index contributed by atoms with van der Waals surface area (Å²) in [4.78, 5) is 33.3. The van der Waals surface area contributed by atoms with Crippen molar-refractivity contribution in [2.24, 2.45) is 4.99 Å². The number of nitrogens with zero attached hydrogens (tertiary/aromatic N) is 2. The summed E-state index contributed by atoms with van der Waals surface area (Å²) in [5.74, 6) is 1.21. The normalized spacial score (nSPS) is 14.5. The Hall–Kier alpha value is -5.21. The van der Waals surface area contributed by atoms with Crippen LogP contribution in [0.15, 0.2) is 118 Å². The number of methoxy groups -OCH3 is 1. The summed E-state index contributed by atoms with van der Waals surface area (Å²) in [6.45, 7) is 6.08. The number of rotatable bonds is 8. The number of carbonyl (C=O) groups excluding carboxylic acids is 1. The number of aromatic nitrogens is 1. The molecular weight excluding hydrogens is 582 g/mol. The minimum absolute atomic E-state index is 0.213. The van der Waals surface area contributed by atoms with Gasteiger partial charge in [-0.1, -0.05) is 84.1 Å². The third-order valence-corrected chi connectivity index (χ3v) is 8.84. The highest BCUT2D eigenvalue weighted by atomic mass is 32.1. The molecule has 4 aromatic carbocycles. The number of ether oxygens (including phenoxy) is 2. The molecule has 45 heavy (non-hydrogen) atoms. The number of hydrogen-bond donors (Lipinski definition) is 1. The van der Waals surface area contributed by atoms with E-state index in [1.165, 1.54) is 11.3 Å². The number of aryl methyl sites for hydroxylation is 2. The molecule has 2 heterocycles. The first-order chi connectivity index (χ1) is 21.8. The molecule has 0 radical (unpaired) electrons. The first-order valence-corrected chi connectivity index (χ1v) is 15.5. The van der Waals surface area contributed by atoms with E-state index in [-0.39, 0.29) is 11.5 Å². The second-order valence-corrected chi connectivity index (χ2v) is 11.9. The molecule has 1 amide bonds. The smallest absolute Gasteiger partial charge is 0.271 e. The van der Waals surface area contributed by atoms with E-state index in [9.17, 15) is 9.59 Å². The largest absolute Gasteiger partial charge is 0.496 e. The van der Waals surface area contributed by atoms with E-state index in [0.29, 0.717) is 38.6 Å². The molecule has 1 N–H and O–H groups in total. The number of allylic oxidation sites excluding steroid dienone is 1. The van der Waals surface area contributed by atoms with E-state index in [0.717, 1.165) is 33.6 Å². The number of para-hydroxylation sites is 2. The maximum atomic E-state index is 14.1. The summed E-state index contributed by atoms with van der Waals surface area (Å²) in [6.07, 6.45) is 1.86. The Labute approximate surface area is 265 Å². The molecular formula is C37H33N3O4S. The van der Waals surface area contributed by atoms with Crippen molar-refractivity contribution in [3.05, 3.63) is 156 Å². The zero-order chi connectivity index (χ0) is 31.5. The fourth-order valence-corrected chi connectivity index (χ4v) is 6.54. The zero-order valence-electron chi connectivity index (χ0n) is 25.5. The average Bonchev–Trinajstić information content (AvgIpc) is 3.35. The molecule has 0 unspecified atom stereocenters. The lowest BCUT2D eigenvalue weighted by atomic mass is 9.95. The number of nitrogens with one attached hydrogen (secondary N) is 1. The average molecular weight is 616 g/mol. The van der Waals surface area contributed by atoms with Crippen LogP contribution in [0.5, 0.6) is 11.5 Å². The molecule has 1 aromatic heterocycles. The summed E-state index contributed by atoms with van der Waals surface area (Å²) in [5, 5.41) is 3.05. The highest BCUT2D eigenvalue weighted by Gasteiger charge is 2.32. The van der Waals surface area contributed by atoms with E-state index in [4.69, 9.17) is 14.5 Å². The first-order valence-electron chi connectivity index (χ1n) is 14.6. The van der Waals surface area contributed by atoms with E-state index in [2.05, 4.69) is 5.32 Å². The lowest BCUT2D eigenvalue weighted by Gasteiger charge is -2.25. The summed E-state index contributed by atoms with van der Waals surface area (Å²) >= 11 is 1.31. The van der Waals surface area contributed by atoms with Crippen LogP contribution in [0.4, 0.5) is 5.69 Å². The number of carbonyl (C=O) groups is 1. The van der Waals surface area contributed by atoms with Crippen molar-refractivity contribution in [3.8, 4) is 11.5 Å². The van der Waals surface area contributed by atoms with E-state index >= 15 is 0 Å². The van der Waals surface area contributed by atoms with Crippen molar-refractivity contribution in [2.45, 2.75) is 33.4 Å². The molecule has 1 aliphatic rings. The fourth-order valence-electron chi connectivity index (χ4n) is 5.49. The van der Waals surface area contributed by atoms with Gasteiger partial charge < -0.3 is 14.8 Å². The topological polar surface area (TPSA) is 81.9 Å². The number of hydrogen-bond acceptors (Lipinski definition) is 6. The first kappa shape index (κ1) is 29.8. The van der Waals surface area contributed by atoms with Gasteiger partial charge >= 0.3 is 0 Å². The zero-order valence-corrected chi connectivity index (χ0v) is 26.4. The number of thiazole rings is 1. The third-order valence-electron chi connectivity index (χ3n) is 7.85. The summed E-state index contributed by atoms with van der Waals surface area (Å²) in [6, 6.07) is 30.2. The van der Waals surface area contributed by atoms with Crippen molar-refractivity contribution in [2.75, 3.05) is 12.4 Å². The van der Waals surface area contributed by atoms with Gasteiger partial charge in [0.25, 0.3) is 11.5 Å². The number of anilines is 1. The minimum atomic E-state index is -0.637. The van der Waals surface area contributed by atoms with Gasteiger partial charge in [-0.3, -0.25) is 14.2 Å². The van der Waals surface area contributed by atoms with Crippen molar-refractivity contribution < 1.29 is 14.3 Å². The molecule has 0 saturated carbocycles. The van der Waals surface area contributed by atoms with Crippen LogP contribution in [0.2, 0.25) is 0 Å². The number of amides is 1. The molecule has 0 fully saturated rings. The van der Waals surface area contributed by atoms with E-state index in [1.54, 1.807) is 11.7 Å². The van der Waals surface area contributed by atoms with Gasteiger partial charge in [-0.05, 0) is 73.4 Å². The van der Waals surface area contributed by atoms with Gasteiger partial charge in [0.15, 0.2) is 4.80 Å².